The van der Waals surface area contributed by atoms with Gasteiger partial charge in [0.15, 0.2) is 20.8 Å². The molecule has 0 saturated carbocycles. The number of aromatic nitrogens is 3. The second kappa shape index (κ2) is 10.7. The molecule has 0 spiro atoms. The maximum Gasteiger partial charge on any atom is 0.238 e. The summed E-state index contributed by atoms with van der Waals surface area (Å²) in [6.45, 7) is 5.48. The number of hydrogen-bond acceptors (Lipinski definition) is 8. The zero-order chi connectivity index (χ0) is 25.9. The third kappa shape index (κ3) is 5.36. The molecule has 0 aliphatic heterocycles. The minimum Gasteiger partial charge on any atom is -0.316 e. The van der Waals surface area contributed by atoms with Crippen LogP contribution in [-0.4, -0.2) is 34.3 Å². The number of carbonyl (C=O) groups excluding carboxylic acids is 1. The number of nitrogens with zero attached hydrogens (tertiary/aromatic N) is 4. The molecule has 1 unspecified atom stereocenters. The highest BCUT2D eigenvalue weighted by atomic mass is 32.2. The number of anilines is 1. The fraction of sp³-hybridized carbons (Fsp3) is 0.200. The summed E-state index contributed by atoms with van der Waals surface area (Å²) in [7, 11) is -3.67. The van der Waals surface area contributed by atoms with Crippen LogP contribution in [0.5, 0.6) is 0 Å². The fourth-order valence-corrected chi connectivity index (χ4v) is 6.63. The van der Waals surface area contributed by atoms with Gasteiger partial charge in [0.2, 0.25) is 5.91 Å². The Hall–Kier alpha value is -3.46. The van der Waals surface area contributed by atoms with Crippen molar-refractivity contribution in [1.29, 1.82) is 5.26 Å². The van der Waals surface area contributed by atoms with E-state index in [1.54, 1.807) is 41.8 Å². The summed E-state index contributed by atoms with van der Waals surface area (Å²) in [6, 6.07) is 19.5. The molecule has 0 aliphatic rings. The van der Waals surface area contributed by atoms with Gasteiger partial charge in [-0.05, 0) is 50.6 Å². The number of nitriles is 1. The third-order valence-corrected chi connectivity index (χ3v) is 9.32. The average molecular weight is 538 g/mol. The van der Waals surface area contributed by atoms with E-state index in [1.807, 2.05) is 44.2 Å². The minimum atomic E-state index is -3.67. The topological polar surface area (TPSA) is 118 Å². The molecule has 0 saturated heterocycles. The molecule has 8 nitrogen and oxygen atoms in total. The lowest BCUT2D eigenvalue weighted by Crippen LogP contribution is -2.23. The van der Waals surface area contributed by atoms with Gasteiger partial charge in [0, 0.05) is 10.6 Å². The van der Waals surface area contributed by atoms with Crippen LogP contribution in [0.1, 0.15) is 28.8 Å². The van der Waals surface area contributed by atoms with Crippen LogP contribution >= 0.6 is 23.1 Å². The molecule has 2 heterocycles. The standard InChI is InChI=1S/C25H23N5O3S3/c1-16-17(2)34-24(21(16)14-26)27-23(31)18(3)35-25-29-28-22(30(25)19-10-6-4-7-11-19)15-36(32,33)20-12-8-5-9-13-20/h4-13,18H,15H2,1-3H3,(H,27,31). The quantitative estimate of drug-likeness (QED) is 0.317. The van der Waals surface area contributed by atoms with Crippen LogP contribution in [0.25, 0.3) is 5.69 Å². The number of rotatable bonds is 8. The third-order valence-electron chi connectivity index (χ3n) is 5.52. The summed E-state index contributed by atoms with van der Waals surface area (Å²) < 4.78 is 27.7. The molecule has 0 bridgehead atoms. The average Bonchev–Trinajstić information content (AvgIpc) is 3.38. The molecule has 1 amide bonds. The van der Waals surface area contributed by atoms with Crippen molar-refractivity contribution in [3.8, 4) is 11.8 Å². The summed E-state index contributed by atoms with van der Waals surface area (Å²) in [6.07, 6.45) is 0. The molecule has 11 heteroatoms. The van der Waals surface area contributed by atoms with Crippen molar-refractivity contribution in [3.63, 3.8) is 0 Å². The van der Waals surface area contributed by atoms with E-state index in [0.29, 0.717) is 21.4 Å². The number of carbonyl (C=O) groups is 1. The molecule has 0 aliphatic carbocycles. The molecule has 2 aromatic carbocycles. The Morgan fingerprint density at radius 1 is 1.11 bits per heavy atom. The number of nitrogens with one attached hydrogen (secondary N) is 1. The lowest BCUT2D eigenvalue weighted by atomic mass is 10.2. The molecular formula is C25H23N5O3S3. The number of thioether (sulfide) groups is 1. The molecule has 1 N–H and O–H groups in total. The van der Waals surface area contributed by atoms with Crippen molar-refractivity contribution >= 4 is 43.8 Å². The number of benzene rings is 2. The Balaban J connectivity index is 1.62. The Bertz CT molecular complexity index is 1540. The van der Waals surface area contributed by atoms with Gasteiger partial charge in [-0.15, -0.1) is 21.5 Å². The monoisotopic (exact) mass is 537 g/mol. The lowest BCUT2D eigenvalue weighted by Gasteiger charge is -2.14. The van der Waals surface area contributed by atoms with Gasteiger partial charge in [0.1, 0.15) is 16.8 Å². The Kier molecular flexibility index (Phi) is 7.59. The van der Waals surface area contributed by atoms with Crippen molar-refractivity contribution in [2.24, 2.45) is 0 Å². The summed E-state index contributed by atoms with van der Waals surface area (Å²) in [4.78, 5) is 14.2. The van der Waals surface area contributed by atoms with E-state index in [4.69, 9.17) is 0 Å². The van der Waals surface area contributed by atoms with Crippen LogP contribution in [0.3, 0.4) is 0 Å². The molecule has 0 radical (unpaired) electrons. The number of para-hydroxylation sites is 1. The van der Waals surface area contributed by atoms with E-state index in [9.17, 15) is 18.5 Å². The van der Waals surface area contributed by atoms with Crippen LogP contribution in [0.2, 0.25) is 0 Å². The summed E-state index contributed by atoms with van der Waals surface area (Å²) >= 11 is 2.53. The smallest absolute Gasteiger partial charge is 0.238 e. The van der Waals surface area contributed by atoms with Crippen molar-refractivity contribution in [2.75, 3.05) is 5.32 Å². The highest BCUT2D eigenvalue weighted by Gasteiger charge is 2.26. The molecule has 4 rings (SSSR count). The molecular weight excluding hydrogens is 515 g/mol. The zero-order valence-electron chi connectivity index (χ0n) is 19.8. The Morgan fingerprint density at radius 2 is 1.75 bits per heavy atom. The highest BCUT2D eigenvalue weighted by Crippen LogP contribution is 2.33. The second-order valence-corrected chi connectivity index (χ2v) is 12.5. The largest absolute Gasteiger partial charge is 0.316 e. The number of amides is 1. The normalized spacial score (nSPS) is 12.2. The molecule has 36 heavy (non-hydrogen) atoms. The minimum absolute atomic E-state index is 0.199. The van der Waals surface area contributed by atoms with E-state index in [1.165, 1.54) is 11.3 Å². The number of sulfone groups is 1. The number of aryl methyl sites for hydroxylation is 1. The van der Waals surface area contributed by atoms with Gasteiger partial charge in [0.05, 0.1) is 15.7 Å². The highest BCUT2D eigenvalue weighted by molar-refractivity contribution is 8.00. The van der Waals surface area contributed by atoms with Crippen LogP contribution in [-0.2, 0) is 20.4 Å². The van der Waals surface area contributed by atoms with Crippen LogP contribution < -0.4 is 5.32 Å². The Labute approximate surface area is 217 Å². The summed E-state index contributed by atoms with van der Waals surface area (Å²) in [5, 5.41) is 21.1. The first kappa shape index (κ1) is 25.6. The fourth-order valence-electron chi connectivity index (χ4n) is 3.46. The van der Waals surface area contributed by atoms with Gasteiger partial charge in [-0.25, -0.2) is 8.42 Å². The molecule has 2 aromatic heterocycles. The second-order valence-electron chi connectivity index (χ2n) is 7.99. The van der Waals surface area contributed by atoms with Crippen LogP contribution in [0, 0.1) is 25.2 Å². The van der Waals surface area contributed by atoms with Gasteiger partial charge >= 0.3 is 0 Å². The first-order valence-electron chi connectivity index (χ1n) is 11.0. The van der Waals surface area contributed by atoms with Gasteiger partial charge in [-0.3, -0.25) is 9.36 Å². The van der Waals surface area contributed by atoms with E-state index in [0.717, 1.165) is 22.2 Å². The van der Waals surface area contributed by atoms with E-state index < -0.39 is 15.1 Å². The van der Waals surface area contributed by atoms with Crippen molar-refractivity contribution < 1.29 is 13.2 Å². The van der Waals surface area contributed by atoms with E-state index in [2.05, 4.69) is 21.6 Å². The first-order chi connectivity index (χ1) is 17.2. The van der Waals surface area contributed by atoms with Gasteiger partial charge in [-0.1, -0.05) is 48.2 Å². The van der Waals surface area contributed by atoms with E-state index >= 15 is 0 Å². The van der Waals surface area contributed by atoms with Gasteiger partial charge in [-0.2, -0.15) is 5.26 Å². The number of thiophene rings is 1. The van der Waals surface area contributed by atoms with Crippen LogP contribution in [0.15, 0.2) is 70.7 Å². The van der Waals surface area contributed by atoms with Crippen LogP contribution in [0.4, 0.5) is 5.00 Å². The molecule has 4 aromatic rings. The predicted octanol–water partition coefficient (Wildman–Crippen LogP) is 4.91. The molecule has 0 fully saturated rings. The first-order valence-corrected chi connectivity index (χ1v) is 14.3. The van der Waals surface area contributed by atoms with Gasteiger partial charge in [0.25, 0.3) is 0 Å². The van der Waals surface area contributed by atoms with Gasteiger partial charge < -0.3 is 5.32 Å². The number of hydrogen-bond donors (Lipinski definition) is 1. The maximum absolute atomic E-state index is 13.0. The van der Waals surface area contributed by atoms with E-state index in [-0.39, 0.29) is 22.4 Å². The molecule has 184 valence electrons. The van der Waals surface area contributed by atoms with Crippen molar-refractivity contribution in [2.45, 2.75) is 41.8 Å². The maximum atomic E-state index is 13.0. The summed E-state index contributed by atoms with van der Waals surface area (Å²) in [5.74, 6) is -0.394. The summed E-state index contributed by atoms with van der Waals surface area (Å²) in [5.41, 5.74) is 2.00. The lowest BCUT2D eigenvalue weighted by molar-refractivity contribution is -0.115. The molecule has 1 atom stereocenters. The predicted molar refractivity (Wildman–Crippen MR) is 141 cm³/mol. The van der Waals surface area contributed by atoms with Crippen molar-refractivity contribution in [3.05, 3.63) is 82.5 Å². The SMILES string of the molecule is Cc1sc(NC(=O)C(C)Sc2nnc(CS(=O)(=O)c3ccccc3)n2-c2ccccc2)c(C#N)c1C. The zero-order valence-corrected chi connectivity index (χ0v) is 22.2. The Morgan fingerprint density at radius 3 is 2.39 bits per heavy atom. The van der Waals surface area contributed by atoms with Crippen molar-refractivity contribution in [1.82, 2.24) is 14.8 Å².